The van der Waals surface area contributed by atoms with E-state index in [0.29, 0.717) is 18.6 Å². The molecule has 1 N–H and O–H groups in total. The average molecular weight is 293 g/mol. The van der Waals surface area contributed by atoms with Gasteiger partial charge in [-0.05, 0) is 57.0 Å². The van der Waals surface area contributed by atoms with E-state index in [-0.39, 0.29) is 12.5 Å². The largest absolute Gasteiger partial charge is 0.497 e. The van der Waals surface area contributed by atoms with E-state index < -0.39 is 0 Å². The Hall–Kier alpha value is -1.26. The predicted octanol–water partition coefficient (Wildman–Crippen LogP) is 2.41. The summed E-state index contributed by atoms with van der Waals surface area (Å²) < 4.78 is 11.0. The van der Waals surface area contributed by atoms with Crippen LogP contribution in [-0.4, -0.2) is 49.5 Å². The molecule has 1 fully saturated rings. The second-order valence-electron chi connectivity index (χ2n) is 6.07. The average Bonchev–Trinajstić information content (AvgIpc) is 2.98. The minimum absolute atomic E-state index is 0.187. The Balaban J connectivity index is 1.84. The lowest BCUT2D eigenvalue weighted by Crippen LogP contribution is -2.31. The Morgan fingerprint density at radius 3 is 2.43 bits per heavy atom. The third kappa shape index (κ3) is 4.35. The van der Waals surface area contributed by atoms with Gasteiger partial charge in [-0.25, -0.2) is 0 Å². The van der Waals surface area contributed by atoms with E-state index in [4.69, 9.17) is 9.47 Å². The van der Waals surface area contributed by atoms with Crippen molar-refractivity contribution >= 4 is 0 Å². The van der Waals surface area contributed by atoms with Gasteiger partial charge in [0.25, 0.3) is 0 Å². The van der Waals surface area contributed by atoms with E-state index in [1.165, 1.54) is 0 Å². The smallest absolute Gasteiger partial charge is 0.119 e. The van der Waals surface area contributed by atoms with E-state index >= 15 is 0 Å². The first-order chi connectivity index (χ1) is 10.1. The molecule has 2 rings (SSSR count). The lowest BCUT2D eigenvalue weighted by atomic mass is 9.93. The molecule has 0 aromatic heterocycles. The van der Waals surface area contributed by atoms with Crippen molar-refractivity contribution in [1.29, 1.82) is 0 Å². The summed E-state index contributed by atoms with van der Waals surface area (Å²) in [7, 11) is 1.65. The number of hydrogen-bond acceptors (Lipinski definition) is 4. The minimum Gasteiger partial charge on any atom is -0.497 e. The number of aliphatic hydroxyl groups excluding tert-OH is 1. The minimum atomic E-state index is 0.187. The molecule has 2 unspecified atom stereocenters. The Kier molecular flexibility index (Phi) is 5.88. The molecule has 2 atom stereocenters. The van der Waals surface area contributed by atoms with Crippen molar-refractivity contribution < 1.29 is 14.6 Å². The lowest BCUT2D eigenvalue weighted by Gasteiger charge is -2.24. The SMILES string of the molecule is COc1ccc(OCC(CO)C2CCN(C(C)C)C2)cc1. The highest BCUT2D eigenvalue weighted by Gasteiger charge is 2.30. The van der Waals surface area contributed by atoms with Gasteiger partial charge in [0.15, 0.2) is 0 Å². The summed E-state index contributed by atoms with van der Waals surface area (Å²) in [6.45, 7) is 7.40. The Bertz CT molecular complexity index is 419. The van der Waals surface area contributed by atoms with Crippen LogP contribution in [0.1, 0.15) is 20.3 Å². The molecule has 1 aliphatic rings. The molecule has 1 aromatic rings. The topological polar surface area (TPSA) is 41.9 Å². The van der Waals surface area contributed by atoms with Crippen molar-refractivity contribution in [2.75, 3.05) is 33.4 Å². The molecule has 0 bridgehead atoms. The number of rotatable bonds is 7. The predicted molar refractivity (Wildman–Crippen MR) is 83.9 cm³/mol. The Labute approximate surface area is 127 Å². The standard InChI is InChI=1S/C17H27NO3/c1-13(2)18-9-8-14(10-18)15(11-19)12-21-17-6-4-16(20-3)5-7-17/h4-7,13-15,19H,8-12H2,1-3H3. The third-order valence-electron chi connectivity index (χ3n) is 4.41. The lowest BCUT2D eigenvalue weighted by molar-refractivity contribution is 0.116. The van der Waals surface area contributed by atoms with Crippen LogP contribution in [0.5, 0.6) is 11.5 Å². The van der Waals surface area contributed by atoms with E-state index in [9.17, 15) is 5.11 Å². The van der Waals surface area contributed by atoms with Gasteiger partial charge in [-0.2, -0.15) is 0 Å². The van der Waals surface area contributed by atoms with Crippen LogP contribution >= 0.6 is 0 Å². The van der Waals surface area contributed by atoms with E-state index in [1.54, 1.807) is 7.11 Å². The normalized spacial score (nSPS) is 20.7. The van der Waals surface area contributed by atoms with Crippen LogP contribution in [-0.2, 0) is 0 Å². The maximum atomic E-state index is 9.65. The number of ether oxygens (including phenoxy) is 2. The molecule has 0 amide bonds. The molecular formula is C17H27NO3. The van der Waals surface area contributed by atoms with Gasteiger partial charge < -0.3 is 19.5 Å². The molecule has 0 aliphatic carbocycles. The van der Waals surface area contributed by atoms with Gasteiger partial charge in [-0.3, -0.25) is 0 Å². The first-order valence-electron chi connectivity index (χ1n) is 7.75. The van der Waals surface area contributed by atoms with E-state index in [0.717, 1.165) is 31.0 Å². The first-order valence-corrected chi connectivity index (χ1v) is 7.75. The number of hydrogen-bond donors (Lipinski definition) is 1. The maximum Gasteiger partial charge on any atom is 0.119 e. The summed E-state index contributed by atoms with van der Waals surface area (Å²) in [6.07, 6.45) is 1.15. The third-order valence-corrected chi connectivity index (χ3v) is 4.41. The molecule has 4 nitrogen and oxygen atoms in total. The van der Waals surface area contributed by atoms with Crippen molar-refractivity contribution in [2.45, 2.75) is 26.3 Å². The van der Waals surface area contributed by atoms with Crippen LogP contribution in [0.4, 0.5) is 0 Å². The summed E-state index contributed by atoms with van der Waals surface area (Å²) in [6, 6.07) is 8.17. The van der Waals surface area contributed by atoms with Crippen LogP contribution < -0.4 is 9.47 Å². The molecule has 1 heterocycles. The van der Waals surface area contributed by atoms with Crippen LogP contribution in [0.25, 0.3) is 0 Å². The molecule has 0 spiro atoms. The molecule has 1 saturated heterocycles. The quantitative estimate of drug-likeness (QED) is 0.838. The van der Waals surface area contributed by atoms with E-state index in [2.05, 4.69) is 18.7 Å². The number of nitrogens with zero attached hydrogens (tertiary/aromatic N) is 1. The number of likely N-dealkylation sites (tertiary alicyclic amines) is 1. The fourth-order valence-corrected chi connectivity index (χ4v) is 2.88. The Morgan fingerprint density at radius 1 is 1.24 bits per heavy atom. The fourth-order valence-electron chi connectivity index (χ4n) is 2.88. The monoisotopic (exact) mass is 293 g/mol. The van der Waals surface area contributed by atoms with Crippen molar-refractivity contribution in [3.8, 4) is 11.5 Å². The van der Waals surface area contributed by atoms with Gasteiger partial charge in [0.1, 0.15) is 11.5 Å². The molecule has 118 valence electrons. The van der Waals surface area contributed by atoms with E-state index in [1.807, 2.05) is 24.3 Å². The van der Waals surface area contributed by atoms with Gasteiger partial charge in [-0.1, -0.05) is 0 Å². The van der Waals surface area contributed by atoms with Crippen molar-refractivity contribution in [3.05, 3.63) is 24.3 Å². The zero-order chi connectivity index (χ0) is 15.2. The summed E-state index contributed by atoms with van der Waals surface area (Å²) >= 11 is 0. The first kappa shape index (κ1) is 16.1. The van der Waals surface area contributed by atoms with Gasteiger partial charge in [0.05, 0.1) is 13.7 Å². The van der Waals surface area contributed by atoms with Crippen LogP contribution in [0.2, 0.25) is 0 Å². The second kappa shape index (κ2) is 7.66. The molecular weight excluding hydrogens is 266 g/mol. The molecule has 4 heteroatoms. The fraction of sp³-hybridized carbons (Fsp3) is 0.647. The molecule has 0 saturated carbocycles. The molecule has 1 aliphatic heterocycles. The van der Waals surface area contributed by atoms with Crippen LogP contribution in [0.15, 0.2) is 24.3 Å². The highest BCUT2D eigenvalue weighted by atomic mass is 16.5. The van der Waals surface area contributed by atoms with Gasteiger partial charge in [0.2, 0.25) is 0 Å². The number of aliphatic hydroxyl groups is 1. The second-order valence-corrected chi connectivity index (χ2v) is 6.07. The van der Waals surface area contributed by atoms with Crippen LogP contribution in [0.3, 0.4) is 0 Å². The van der Waals surface area contributed by atoms with Gasteiger partial charge >= 0.3 is 0 Å². The summed E-state index contributed by atoms with van der Waals surface area (Å²) in [4.78, 5) is 2.47. The number of methoxy groups -OCH3 is 1. The summed E-state index contributed by atoms with van der Waals surface area (Å²) in [5.74, 6) is 2.38. The van der Waals surface area contributed by atoms with Crippen molar-refractivity contribution in [3.63, 3.8) is 0 Å². The zero-order valence-electron chi connectivity index (χ0n) is 13.3. The van der Waals surface area contributed by atoms with Gasteiger partial charge in [-0.15, -0.1) is 0 Å². The summed E-state index contributed by atoms with van der Waals surface area (Å²) in [5, 5.41) is 9.65. The van der Waals surface area contributed by atoms with Crippen molar-refractivity contribution in [1.82, 2.24) is 4.90 Å². The summed E-state index contributed by atoms with van der Waals surface area (Å²) in [5.41, 5.74) is 0. The van der Waals surface area contributed by atoms with Crippen molar-refractivity contribution in [2.24, 2.45) is 11.8 Å². The number of benzene rings is 1. The maximum absolute atomic E-state index is 9.65. The highest BCUT2D eigenvalue weighted by Crippen LogP contribution is 2.26. The highest BCUT2D eigenvalue weighted by molar-refractivity contribution is 5.31. The molecule has 1 aromatic carbocycles. The molecule has 0 radical (unpaired) electrons. The molecule has 21 heavy (non-hydrogen) atoms. The van der Waals surface area contributed by atoms with Gasteiger partial charge in [0, 0.05) is 25.1 Å². The Morgan fingerprint density at radius 2 is 1.90 bits per heavy atom. The zero-order valence-corrected chi connectivity index (χ0v) is 13.3. The van der Waals surface area contributed by atoms with Crippen LogP contribution in [0, 0.1) is 11.8 Å².